The minimum absolute atomic E-state index is 0.279. The molecular formula is C8H12N4O4S. The number of urea groups is 1. The van der Waals surface area contributed by atoms with Crippen molar-refractivity contribution in [2.75, 3.05) is 11.9 Å². The average Bonchev–Trinajstić information content (AvgIpc) is 2.73. The van der Waals surface area contributed by atoms with E-state index in [1.807, 2.05) is 6.92 Å². The van der Waals surface area contributed by atoms with E-state index in [2.05, 4.69) is 20.8 Å². The molecule has 9 heteroatoms. The molecule has 1 rings (SSSR count). The summed E-state index contributed by atoms with van der Waals surface area (Å²) in [6.45, 7) is 1.22. The molecule has 1 aromatic rings. The molecule has 0 aliphatic carbocycles. The fraction of sp³-hybridized carbons (Fsp3) is 0.500. The van der Waals surface area contributed by atoms with Crippen LogP contribution in [0.5, 0.6) is 0 Å². The Bertz CT molecular complexity index is 408. The zero-order chi connectivity index (χ0) is 12.8. The summed E-state index contributed by atoms with van der Waals surface area (Å²) in [5.74, 6) is -1.31. The lowest BCUT2D eigenvalue weighted by Gasteiger charge is -2.10. The number of carbonyl (C=O) groups is 2. The molecule has 8 nitrogen and oxygen atoms in total. The van der Waals surface area contributed by atoms with Crippen LogP contribution in [-0.2, 0) is 11.2 Å². The number of carboxylic acid groups (broad SMARTS) is 1. The molecule has 0 fully saturated rings. The Labute approximate surface area is 101 Å². The van der Waals surface area contributed by atoms with E-state index in [1.54, 1.807) is 0 Å². The van der Waals surface area contributed by atoms with Gasteiger partial charge in [-0.15, -0.1) is 10.2 Å². The number of aliphatic carboxylic acids is 1. The summed E-state index contributed by atoms with van der Waals surface area (Å²) in [6.07, 6.45) is 0.704. The molecule has 4 N–H and O–H groups in total. The van der Waals surface area contributed by atoms with Crippen molar-refractivity contribution in [3.8, 4) is 0 Å². The normalized spacial score (nSPS) is 11.9. The van der Waals surface area contributed by atoms with Crippen LogP contribution in [0.15, 0.2) is 0 Å². The van der Waals surface area contributed by atoms with E-state index in [1.165, 1.54) is 11.3 Å². The quantitative estimate of drug-likeness (QED) is 0.574. The van der Waals surface area contributed by atoms with Crippen molar-refractivity contribution in [1.82, 2.24) is 15.5 Å². The van der Waals surface area contributed by atoms with Gasteiger partial charge in [-0.2, -0.15) is 0 Å². The van der Waals surface area contributed by atoms with Crippen LogP contribution in [0, 0.1) is 0 Å². The van der Waals surface area contributed by atoms with Crippen molar-refractivity contribution in [3.63, 3.8) is 0 Å². The van der Waals surface area contributed by atoms with E-state index in [-0.39, 0.29) is 5.13 Å². The van der Waals surface area contributed by atoms with Gasteiger partial charge in [0.15, 0.2) is 6.04 Å². The number of aliphatic hydroxyl groups excluding tert-OH is 1. The predicted octanol–water partition coefficient (Wildman–Crippen LogP) is -0.333. The standard InChI is InChI=1S/C8H12N4O4S/c1-2-5-11-12-8(17-5)10-7(16)9-4(3-13)6(14)15/h4,13H,2-3H2,1H3,(H,14,15)(H2,9,10,12,16)/t4-/m1/s1. The monoisotopic (exact) mass is 260 g/mol. The summed E-state index contributed by atoms with van der Waals surface area (Å²) in [5, 5.41) is 30.2. The molecule has 0 bridgehead atoms. The number of aromatic nitrogens is 2. The molecular weight excluding hydrogens is 248 g/mol. The lowest BCUT2D eigenvalue weighted by Crippen LogP contribution is -2.45. The minimum Gasteiger partial charge on any atom is -0.480 e. The molecule has 1 heterocycles. The number of anilines is 1. The number of aliphatic hydroxyl groups is 1. The summed E-state index contributed by atoms with van der Waals surface area (Å²) in [7, 11) is 0. The first-order chi connectivity index (χ1) is 8.06. The summed E-state index contributed by atoms with van der Waals surface area (Å²) in [6, 6.07) is -2.08. The van der Waals surface area contributed by atoms with Crippen LogP contribution < -0.4 is 10.6 Å². The van der Waals surface area contributed by atoms with Gasteiger partial charge in [-0.1, -0.05) is 18.3 Å². The number of nitrogens with one attached hydrogen (secondary N) is 2. The zero-order valence-corrected chi connectivity index (χ0v) is 9.82. The molecule has 1 aromatic heterocycles. The van der Waals surface area contributed by atoms with Crippen molar-refractivity contribution in [3.05, 3.63) is 5.01 Å². The molecule has 0 saturated carbocycles. The molecule has 1 atom stereocenters. The molecule has 0 radical (unpaired) electrons. The predicted molar refractivity (Wildman–Crippen MR) is 60.0 cm³/mol. The van der Waals surface area contributed by atoms with Crippen LogP contribution in [-0.4, -0.2) is 45.1 Å². The molecule has 17 heavy (non-hydrogen) atoms. The van der Waals surface area contributed by atoms with Gasteiger partial charge in [0.25, 0.3) is 0 Å². The van der Waals surface area contributed by atoms with Crippen molar-refractivity contribution < 1.29 is 19.8 Å². The van der Waals surface area contributed by atoms with Crippen LogP contribution in [0.1, 0.15) is 11.9 Å². The minimum atomic E-state index is -1.34. The van der Waals surface area contributed by atoms with Crippen LogP contribution in [0.4, 0.5) is 9.93 Å². The first kappa shape index (κ1) is 13.3. The van der Waals surface area contributed by atoms with Gasteiger partial charge in [-0.05, 0) is 6.42 Å². The highest BCUT2D eigenvalue weighted by Crippen LogP contribution is 2.14. The SMILES string of the molecule is CCc1nnc(NC(=O)N[C@H](CO)C(=O)O)s1. The van der Waals surface area contributed by atoms with Gasteiger partial charge < -0.3 is 15.5 Å². The number of rotatable bonds is 5. The van der Waals surface area contributed by atoms with Crippen molar-refractivity contribution in [1.29, 1.82) is 0 Å². The Hall–Kier alpha value is -1.74. The lowest BCUT2D eigenvalue weighted by atomic mass is 10.3. The summed E-state index contributed by atoms with van der Waals surface area (Å²) < 4.78 is 0. The maximum Gasteiger partial charge on any atom is 0.328 e. The highest BCUT2D eigenvalue weighted by Gasteiger charge is 2.19. The number of amides is 2. The highest BCUT2D eigenvalue weighted by molar-refractivity contribution is 7.15. The van der Waals surface area contributed by atoms with E-state index in [0.29, 0.717) is 6.42 Å². The van der Waals surface area contributed by atoms with Gasteiger partial charge in [-0.3, -0.25) is 5.32 Å². The van der Waals surface area contributed by atoms with E-state index in [9.17, 15) is 9.59 Å². The van der Waals surface area contributed by atoms with E-state index < -0.39 is 24.6 Å². The van der Waals surface area contributed by atoms with E-state index in [4.69, 9.17) is 10.2 Å². The fourth-order valence-electron chi connectivity index (χ4n) is 0.924. The molecule has 2 amide bonds. The van der Waals surface area contributed by atoms with Gasteiger partial charge in [0.05, 0.1) is 6.61 Å². The summed E-state index contributed by atoms with van der Waals surface area (Å²) in [4.78, 5) is 21.9. The van der Waals surface area contributed by atoms with Gasteiger partial charge in [0.2, 0.25) is 5.13 Å². The second-order valence-electron chi connectivity index (χ2n) is 3.03. The zero-order valence-electron chi connectivity index (χ0n) is 9.01. The van der Waals surface area contributed by atoms with E-state index >= 15 is 0 Å². The number of hydrogen-bond acceptors (Lipinski definition) is 6. The number of nitrogens with zero attached hydrogens (tertiary/aromatic N) is 2. The maximum atomic E-state index is 11.3. The molecule has 0 unspecified atom stereocenters. The third-order valence-electron chi connectivity index (χ3n) is 1.78. The summed E-state index contributed by atoms with van der Waals surface area (Å²) in [5.41, 5.74) is 0. The van der Waals surface area contributed by atoms with Crippen molar-refractivity contribution in [2.45, 2.75) is 19.4 Å². The second-order valence-corrected chi connectivity index (χ2v) is 4.09. The number of carboxylic acids is 1. The van der Waals surface area contributed by atoms with Crippen LogP contribution in [0.3, 0.4) is 0 Å². The van der Waals surface area contributed by atoms with Gasteiger partial charge in [-0.25, -0.2) is 9.59 Å². The molecule has 0 aliphatic rings. The van der Waals surface area contributed by atoms with Gasteiger partial charge in [0, 0.05) is 0 Å². The third kappa shape index (κ3) is 3.96. The Morgan fingerprint density at radius 3 is 2.65 bits per heavy atom. The van der Waals surface area contributed by atoms with Crippen LogP contribution in [0.25, 0.3) is 0 Å². The van der Waals surface area contributed by atoms with E-state index in [0.717, 1.165) is 5.01 Å². The average molecular weight is 260 g/mol. The largest absolute Gasteiger partial charge is 0.480 e. The first-order valence-corrected chi connectivity index (χ1v) is 5.62. The summed E-state index contributed by atoms with van der Waals surface area (Å²) >= 11 is 1.20. The third-order valence-corrected chi connectivity index (χ3v) is 2.76. The van der Waals surface area contributed by atoms with Gasteiger partial charge in [0.1, 0.15) is 5.01 Å². The van der Waals surface area contributed by atoms with Crippen molar-refractivity contribution in [2.24, 2.45) is 0 Å². The molecule has 0 aliphatic heterocycles. The molecule has 0 saturated heterocycles. The molecule has 0 spiro atoms. The lowest BCUT2D eigenvalue weighted by molar-refractivity contribution is -0.140. The van der Waals surface area contributed by atoms with Crippen LogP contribution >= 0.6 is 11.3 Å². The van der Waals surface area contributed by atoms with Crippen molar-refractivity contribution >= 4 is 28.5 Å². The number of aryl methyl sites for hydroxylation is 1. The first-order valence-electron chi connectivity index (χ1n) is 4.80. The fourth-order valence-corrected chi connectivity index (χ4v) is 1.60. The smallest absolute Gasteiger partial charge is 0.328 e. The Balaban J connectivity index is 2.51. The Kier molecular flexibility index (Phi) is 4.79. The highest BCUT2D eigenvalue weighted by atomic mass is 32.1. The van der Waals surface area contributed by atoms with Gasteiger partial charge >= 0.3 is 12.0 Å². The van der Waals surface area contributed by atoms with Crippen LogP contribution in [0.2, 0.25) is 0 Å². The topological polar surface area (TPSA) is 124 Å². The maximum absolute atomic E-state index is 11.3. The number of carbonyl (C=O) groups excluding carboxylic acids is 1. The Morgan fingerprint density at radius 1 is 1.47 bits per heavy atom. The molecule has 0 aromatic carbocycles. The second kappa shape index (κ2) is 6.11. The Morgan fingerprint density at radius 2 is 2.18 bits per heavy atom. The number of hydrogen-bond donors (Lipinski definition) is 4. The molecule has 94 valence electrons.